The topological polar surface area (TPSA) is 58.1 Å². The summed E-state index contributed by atoms with van der Waals surface area (Å²) in [5, 5.41) is 11.6. The van der Waals surface area contributed by atoms with Crippen molar-refractivity contribution in [1.29, 1.82) is 0 Å². The quantitative estimate of drug-likeness (QED) is 0.670. The van der Waals surface area contributed by atoms with Crippen molar-refractivity contribution in [2.75, 3.05) is 18.4 Å². The monoisotopic (exact) mass is 372 g/mol. The van der Waals surface area contributed by atoms with Crippen molar-refractivity contribution in [3.8, 4) is 0 Å². The van der Waals surface area contributed by atoms with Crippen LogP contribution in [-0.4, -0.2) is 34.1 Å². The highest BCUT2D eigenvalue weighted by Gasteiger charge is 2.22. The summed E-state index contributed by atoms with van der Waals surface area (Å²) in [5.74, 6) is 0.645. The van der Waals surface area contributed by atoms with Crippen LogP contribution >= 0.6 is 0 Å². The number of nitrogens with one attached hydrogen (secondary N) is 1. The number of hydrogen-bond acceptors (Lipinski definition) is 4. The lowest BCUT2D eigenvalue weighted by atomic mass is 10.00. The Bertz CT molecular complexity index is 925. The Morgan fingerprint density at radius 3 is 2.50 bits per heavy atom. The minimum absolute atomic E-state index is 0.0577. The number of nitrogens with zero attached hydrogens (tertiary/aromatic N) is 3. The molecule has 1 aliphatic heterocycles. The first kappa shape index (κ1) is 18.2. The van der Waals surface area contributed by atoms with Crippen LogP contribution in [0.15, 0.2) is 66.7 Å². The predicted octanol–water partition coefficient (Wildman–Crippen LogP) is 3.72. The third kappa shape index (κ3) is 4.36. The van der Waals surface area contributed by atoms with Gasteiger partial charge in [0.15, 0.2) is 5.69 Å². The van der Waals surface area contributed by atoms with Gasteiger partial charge < -0.3 is 10.2 Å². The molecule has 0 atom stereocenters. The highest BCUT2D eigenvalue weighted by molar-refractivity contribution is 5.92. The fourth-order valence-corrected chi connectivity index (χ4v) is 3.53. The van der Waals surface area contributed by atoms with Crippen LogP contribution in [0.1, 0.15) is 33.6 Å². The van der Waals surface area contributed by atoms with Gasteiger partial charge in [0.1, 0.15) is 5.82 Å². The zero-order valence-electron chi connectivity index (χ0n) is 15.8. The van der Waals surface area contributed by atoms with Crippen LogP contribution in [0.25, 0.3) is 0 Å². The molecule has 142 valence electrons. The van der Waals surface area contributed by atoms with Gasteiger partial charge in [-0.3, -0.25) is 4.79 Å². The van der Waals surface area contributed by atoms with E-state index in [1.165, 1.54) is 16.7 Å². The molecule has 1 aromatic heterocycles. The molecule has 28 heavy (non-hydrogen) atoms. The Hall–Kier alpha value is -3.21. The summed E-state index contributed by atoms with van der Waals surface area (Å²) < 4.78 is 0. The molecule has 0 unspecified atom stereocenters. The van der Waals surface area contributed by atoms with Crippen LogP contribution in [0.5, 0.6) is 0 Å². The average Bonchev–Trinajstić information content (AvgIpc) is 2.77. The van der Waals surface area contributed by atoms with Gasteiger partial charge in [-0.2, -0.15) is 0 Å². The van der Waals surface area contributed by atoms with E-state index in [-0.39, 0.29) is 5.91 Å². The lowest BCUT2D eigenvalue weighted by Gasteiger charge is -2.28. The first-order chi connectivity index (χ1) is 13.8. The first-order valence-electron chi connectivity index (χ1n) is 9.77. The molecule has 1 N–H and O–H groups in total. The van der Waals surface area contributed by atoms with E-state index in [0.717, 1.165) is 32.4 Å². The second kappa shape index (κ2) is 8.65. The second-order valence-corrected chi connectivity index (χ2v) is 7.07. The Kier molecular flexibility index (Phi) is 5.61. The van der Waals surface area contributed by atoms with Gasteiger partial charge in [0.2, 0.25) is 0 Å². The maximum atomic E-state index is 12.7. The highest BCUT2D eigenvalue weighted by atomic mass is 16.2. The zero-order chi connectivity index (χ0) is 19.2. The molecular formula is C23H24N4O. The van der Waals surface area contributed by atoms with Crippen molar-refractivity contribution in [3.05, 3.63) is 89.1 Å². The van der Waals surface area contributed by atoms with E-state index < -0.39 is 0 Å². The molecule has 5 heteroatoms. The average molecular weight is 372 g/mol. The van der Waals surface area contributed by atoms with Gasteiger partial charge in [-0.25, -0.2) is 0 Å². The van der Waals surface area contributed by atoms with Gasteiger partial charge >= 0.3 is 0 Å². The van der Waals surface area contributed by atoms with Crippen molar-refractivity contribution in [3.63, 3.8) is 0 Å². The summed E-state index contributed by atoms with van der Waals surface area (Å²) >= 11 is 0. The number of aryl methyl sites for hydroxylation is 1. The molecule has 0 spiro atoms. The summed E-state index contributed by atoms with van der Waals surface area (Å²) in [5.41, 5.74) is 4.27. The van der Waals surface area contributed by atoms with Gasteiger partial charge in [0.05, 0.1) is 0 Å². The lowest BCUT2D eigenvalue weighted by molar-refractivity contribution is 0.0727. The molecule has 0 aliphatic carbocycles. The van der Waals surface area contributed by atoms with Gasteiger partial charge in [-0.15, -0.1) is 10.2 Å². The number of aromatic nitrogens is 2. The fraction of sp³-hybridized carbons (Fsp3) is 0.261. The number of carbonyl (C=O) groups excluding carboxylic acids is 1. The number of anilines is 1. The van der Waals surface area contributed by atoms with Gasteiger partial charge in [0.25, 0.3) is 5.91 Å². The Morgan fingerprint density at radius 2 is 1.71 bits per heavy atom. The van der Waals surface area contributed by atoms with E-state index in [2.05, 4.69) is 51.9 Å². The van der Waals surface area contributed by atoms with Crippen LogP contribution in [0.3, 0.4) is 0 Å². The summed E-state index contributed by atoms with van der Waals surface area (Å²) in [7, 11) is 0. The first-order valence-corrected chi connectivity index (χ1v) is 9.77. The van der Waals surface area contributed by atoms with Crippen molar-refractivity contribution < 1.29 is 4.79 Å². The molecule has 1 aliphatic rings. The van der Waals surface area contributed by atoms with E-state index in [1.54, 1.807) is 6.07 Å². The number of fused-ring (bicyclic) bond motifs is 1. The van der Waals surface area contributed by atoms with Crippen LogP contribution in [0.2, 0.25) is 0 Å². The van der Waals surface area contributed by atoms with E-state index in [0.29, 0.717) is 18.1 Å². The highest BCUT2D eigenvalue weighted by Crippen LogP contribution is 2.20. The fourth-order valence-electron chi connectivity index (χ4n) is 3.53. The van der Waals surface area contributed by atoms with E-state index in [9.17, 15) is 4.79 Å². The third-order valence-corrected chi connectivity index (χ3v) is 5.09. The Balaban J connectivity index is 1.29. The molecule has 0 radical (unpaired) electrons. The molecule has 4 rings (SSSR count). The van der Waals surface area contributed by atoms with Crippen molar-refractivity contribution in [2.45, 2.75) is 25.8 Å². The number of benzene rings is 2. The normalized spacial score (nSPS) is 13.1. The molecular weight excluding hydrogens is 348 g/mol. The minimum Gasteiger partial charge on any atom is -0.369 e. The van der Waals surface area contributed by atoms with Crippen LogP contribution in [-0.2, 0) is 19.4 Å². The number of hydrogen-bond donors (Lipinski definition) is 1. The van der Waals surface area contributed by atoms with Crippen molar-refractivity contribution in [2.24, 2.45) is 0 Å². The van der Waals surface area contributed by atoms with Crippen LogP contribution in [0, 0.1) is 0 Å². The van der Waals surface area contributed by atoms with E-state index in [1.807, 2.05) is 29.2 Å². The Morgan fingerprint density at radius 1 is 0.929 bits per heavy atom. The molecule has 2 heterocycles. The van der Waals surface area contributed by atoms with Gasteiger partial charge in [-0.05, 0) is 48.1 Å². The van der Waals surface area contributed by atoms with Gasteiger partial charge in [-0.1, -0.05) is 54.6 Å². The molecule has 0 saturated carbocycles. The molecule has 0 saturated heterocycles. The summed E-state index contributed by atoms with van der Waals surface area (Å²) in [4.78, 5) is 14.6. The molecule has 0 bridgehead atoms. The smallest absolute Gasteiger partial charge is 0.274 e. The second-order valence-electron chi connectivity index (χ2n) is 7.07. The SMILES string of the molecule is O=C(c1ccc(NCCCc2ccccc2)nn1)N1CCc2ccccc2C1. The summed E-state index contributed by atoms with van der Waals surface area (Å²) in [6, 6.07) is 22.3. The predicted molar refractivity (Wildman–Crippen MR) is 110 cm³/mol. The molecule has 3 aromatic rings. The lowest BCUT2D eigenvalue weighted by Crippen LogP contribution is -2.36. The van der Waals surface area contributed by atoms with Crippen LogP contribution < -0.4 is 5.32 Å². The number of rotatable bonds is 6. The molecule has 0 fully saturated rings. The molecule has 5 nitrogen and oxygen atoms in total. The van der Waals surface area contributed by atoms with Gasteiger partial charge in [0, 0.05) is 19.6 Å². The standard InChI is InChI=1S/C23H24N4O/c28-23(27-16-14-19-10-4-5-11-20(19)17-27)21-12-13-22(26-25-21)24-15-6-9-18-7-2-1-3-8-18/h1-5,7-8,10-13H,6,9,14-17H2,(H,24,26). The third-order valence-electron chi connectivity index (χ3n) is 5.09. The summed E-state index contributed by atoms with van der Waals surface area (Å²) in [6.45, 7) is 2.17. The number of amides is 1. The Labute approximate surface area is 165 Å². The van der Waals surface area contributed by atoms with Crippen molar-refractivity contribution in [1.82, 2.24) is 15.1 Å². The maximum Gasteiger partial charge on any atom is 0.274 e. The number of carbonyl (C=O) groups is 1. The van der Waals surface area contributed by atoms with Crippen LogP contribution in [0.4, 0.5) is 5.82 Å². The molecule has 2 aromatic carbocycles. The maximum absolute atomic E-state index is 12.7. The summed E-state index contributed by atoms with van der Waals surface area (Å²) in [6.07, 6.45) is 2.92. The minimum atomic E-state index is -0.0577. The zero-order valence-corrected chi connectivity index (χ0v) is 15.8. The molecule has 1 amide bonds. The van der Waals surface area contributed by atoms with E-state index in [4.69, 9.17) is 0 Å². The van der Waals surface area contributed by atoms with Crippen molar-refractivity contribution >= 4 is 11.7 Å². The largest absolute Gasteiger partial charge is 0.369 e. The van der Waals surface area contributed by atoms with E-state index >= 15 is 0 Å².